The zero-order valence-corrected chi connectivity index (χ0v) is 14.8. The standard InChI is InChI=1S/C22H23NO3/c24-21-19-11-1-2-12-20(19)22(25)23(21)13-5-9-16-6-4-10-18(14-16)26-15-17-7-3-8-17/h1-2,4,6,10-12,14,17H,3,5,7-9,13,15H2. The van der Waals surface area contributed by atoms with Crippen molar-refractivity contribution in [3.8, 4) is 5.75 Å². The Bertz CT molecular complexity index is 791. The van der Waals surface area contributed by atoms with Gasteiger partial charge in [-0.15, -0.1) is 0 Å². The predicted octanol–water partition coefficient (Wildman–Crippen LogP) is 4.09. The maximum atomic E-state index is 12.4. The highest BCUT2D eigenvalue weighted by Crippen LogP contribution is 2.27. The molecular weight excluding hydrogens is 326 g/mol. The van der Waals surface area contributed by atoms with E-state index in [2.05, 4.69) is 12.1 Å². The van der Waals surface area contributed by atoms with E-state index in [1.165, 1.54) is 29.7 Å². The summed E-state index contributed by atoms with van der Waals surface area (Å²) in [5.41, 5.74) is 2.21. The molecular formula is C22H23NO3. The molecule has 2 aromatic rings. The number of imide groups is 1. The van der Waals surface area contributed by atoms with Gasteiger partial charge in [0, 0.05) is 6.54 Å². The van der Waals surface area contributed by atoms with E-state index in [1.54, 1.807) is 24.3 Å². The third kappa shape index (κ3) is 3.36. The van der Waals surface area contributed by atoms with Gasteiger partial charge < -0.3 is 4.74 Å². The molecule has 0 saturated heterocycles. The molecule has 0 unspecified atom stereocenters. The molecule has 4 rings (SSSR count). The van der Waals surface area contributed by atoms with Crippen LogP contribution in [0.15, 0.2) is 48.5 Å². The van der Waals surface area contributed by atoms with E-state index in [-0.39, 0.29) is 11.8 Å². The van der Waals surface area contributed by atoms with Crippen molar-refractivity contribution < 1.29 is 14.3 Å². The monoisotopic (exact) mass is 349 g/mol. The first-order valence-electron chi connectivity index (χ1n) is 9.39. The molecule has 0 bridgehead atoms. The van der Waals surface area contributed by atoms with Crippen molar-refractivity contribution in [3.63, 3.8) is 0 Å². The normalized spacial score (nSPS) is 16.5. The van der Waals surface area contributed by atoms with Crippen LogP contribution >= 0.6 is 0 Å². The molecule has 4 nitrogen and oxygen atoms in total. The number of hydrogen-bond acceptors (Lipinski definition) is 3. The molecule has 2 aromatic carbocycles. The Morgan fingerprint density at radius 3 is 2.35 bits per heavy atom. The fourth-order valence-electron chi connectivity index (χ4n) is 3.55. The van der Waals surface area contributed by atoms with Gasteiger partial charge in [0.25, 0.3) is 11.8 Å². The van der Waals surface area contributed by atoms with Gasteiger partial charge in [0.05, 0.1) is 17.7 Å². The van der Waals surface area contributed by atoms with E-state index in [9.17, 15) is 9.59 Å². The number of nitrogens with zero attached hydrogens (tertiary/aromatic N) is 1. The quantitative estimate of drug-likeness (QED) is 0.707. The molecule has 1 heterocycles. The number of benzene rings is 2. The van der Waals surface area contributed by atoms with Crippen LogP contribution < -0.4 is 4.74 Å². The molecule has 134 valence electrons. The highest BCUT2D eigenvalue weighted by Gasteiger charge is 2.34. The van der Waals surface area contributed by atoms with Crippen LogP contribution in [0.4, 0.5) is 0 Å². The van der Waals surface area contributed by atoms with E-state index in [1.807, 2.05) is 12.1 Å². The SMILES string of the molecule is O=C1c2ccccc2C(=O)N1CCCc1cccc(OCC2CCC2)c1. The molecule has 1 aliphatic heterocycles. The molecule has 4 heteroatoms. The minimum Gasteiger partial charge on any atom is -0.493 e. The lowest BCUT2D eigenvalue weighted by Crippen LogP contribution is -2.30. The first-order chi connectivity index (χ1) is 12.7. The summed E-state index contributed by atoms with van der Waals surface area (Å²) in [5, 5.41) is 0. The van der Waals surface area contributed by atoms with Crippen LogP contribution in [0.2, 0.25) is 0 Å². The largest absolute Gasteiger partial charge is 0.493 e. The maximum Gasteiger partial charge on any atom is 0.261 e. The number of carbonyl (C=O) groups is 2. The lowest BCUT2D eigenvalue weighted by molar-refractivity contribution is 0.0652. The Balaban J connectivity index is 1.31. The zero-order chi connectivity index (χ0) is 17.9. The molecule has 0 spiro atoms. The third-order valence-corrected chi connectivity index (χ3v) is 5.33. The molecule has 0 aromatic heterocycles. The van der Waals surface area contributed by atoms with Gasteiger partial charge in [-0.2, -0.15) is 0 Å². The van der Waals surface area contributed by atoms with Gasteiger partial charge in [-0.05, 0) is 61.4 Å². The summed E-state index contributed by atoms with van der Waals surface area (Å²) in [6.45, 7) is 1.25. The number of carbonyl (C=O) groups excluding carboxylic acids is 2. The van der Waals surface area contributed by atoms with E-state index >= 15 is 0 Å². The number of fused-ring (bicyclic) bond motifs is 1. The van der Waals surface area contributed by atoms with Crippen molar-refractivity contribution >= 4 is 11.8 Å². The lowest BCUT2D eigenvalue weighted by Gasteiger charge is -2.25. The second-order valence-electron chi connectivity index (χ2n) is 7.17. The Kier molecular flexibility index (Phi) is 4.74. The summed E-state index contributed by atoms with van der Waals surface area (Å²) in [7, 11) is 0. The first kappa shape index (κ1) is 16.8. The van der Waals surface area contributed by atoms with Crippen LogP contribution in [0.5, 0.6) is 5.75 Å². The van der Waals surface area contributed by atoms with E-state index in [4.69, 9.17) is 4.74 Å². The van der Waals surface area contributed by atoms with Gasteiger partial charge in [0.15, 0.2) is 0 Å². The Morgan fingerprint density at radius 1 is 0.962 bits per heavy atom. The maximum absolute atomic E-state index is 12.4. The van der Waals surface area contributed by atoms with E-state index in [0.29, 0.717) is 23.6 Å². The van der Waals surface area contributed by atoms with Crippen LogP contribution in [0, 0.1) is 5.92 Å². The van der Waals surface area contributed by atoms with E-state index in [0.717, 1.165) is 25.2 Å². The second kappa shape index (κ2) is 7.32. The number of ether oxygens (including phenoxy) is 1. The highest BCUT2D eigenvalue weighted by atomic mass is 16.5. The first-order valence-corrected chi connectivity index (χ1v) is 9.39. The average molecular weight is 349 g/mol. The van der Waals surface area contributed by atoms with Gasteiger partial charge in [0.2, 0.25) is 0 Å². The van der Waals surface area contributed by atoms with Crippen molar-refractivity contribution in [1.82, 2.24) is 4.90 Å². The molecule has 2 aliphatic rings. The van der Waals surface area contributed by atoms with Crippen LogP contribution in [0.25, 0.3) is 0 Å². The third-order valence-electron chi connectivity index (χ3n) is 5.33. The molecule has 1 saturated carbocycles. The molecule has 1 aliphatic carbocycles. The number of hydrogen-bond donors (Lipinski definition) is 0. The van der Waals surface area contributed by atoms with Gasteiger partial charge >= 0.3 is 0 Å². The molecule has 2 amide bonds. The molecule has 1 fully saturated rings. The number of amides is 2. The minimum atomic E-state index is -0.178. The lowest BCUT2D eigenvalue weighted by atomic mass is 9.86. The van der Waals surface area contributed by atoms with E-state index < -0.39 is 0 Å². The summed E-state index contributed by atoms with van der Waals surface area (Å²) in [4.78, 5) is 26.1. The fourth-order valence-corrected chi connectivity index (χ4v) is 3.55. The Morgan fingerprint density at radius 2 is 1.69 bits per heavy atom. The number of aryl methyl sites for hydroxylation is 1. The van der Waals surface area contributed by atoms with Crippen molar-refractivity contribution in [1.29, 1.82) is 0 Å². The summed E-state index contributed by atoms with van der Waals surface area (Å²) in [6.07, 6.45) is 5.44. The summed E-state index contributed by atoms with van der Waals surface area (Å²) >= 11 is 0. The van der Waals surface area contributed by atoms with Gasteiger partial charge in [-0.3, -0.25) is 14.5 Å². The molecule has 26 heavy (non-hydrogen) atoms. The van der Waals surface area contributed by atoms with Gasteiger partial charge in [-0.1, -0.05) is 30.7 Å². The molecule has 0 N–H and O–H groups in total. The number of rotatable bonds is 7. The second-order valence-corrected chi connectivity index (χ2v) is 7.17. The average Bonchev–Trinajstić information content (AvgIpc) is 2.86. The van der Waals surface area contributed by atoms with Crippen LogP contribution in [0.3, 0.4) is 0 Å². The smallest absolute Gasteiger partial charge is 0.261 e. The van der Waals surface area contributed by atoms with Crippen molar-refractivity contribution in [2.45, 2.75) is 32.1 Å². The Labute approximate surface area is 153 Å². The summed E-state index contributed by atoms with van der Waals surface area (Å²) in [5.74, 6) is 1.27. The topological polar surface area (TPSA) is 46.6 Å². The predicted molar refractivity (Wildman–Crippen MR) is 99.4 cm³/mol. The highest BCUT2D eigenvalue weighted by molar-refractivity contribution is 6.21. The zero-order valence-electron chi connectivity index (χ0n) is 14.8. The summed E-state index contributed by atoms with van der Waals surface area (Å²) < 4.78 is 5.89. The minimum absolute atomic E-state index is 0.178. The van der Waals surface area contributed by atoms with Crippen molar-refractivity contribution in [2.24, 2.45) is 5.92 Å². The molecule has 0 radical (unpaired) electrons. The van der Waals surface area contributed by atoms with Crippen LogP contribution in [-0.4, -0.2) is 29.9 Å². The van der Waals surface area contributed by atoms with Crippen LogP contribution in [0.1, 0.15) is 52.0 Å². The fraction of sp³-hybridized carbons (Fsp3) is 0.364. The summed E-state index contributed by atoms with van der Waals surface area (Å²) in [6, 6.07) is 15.2. The van der Waals surface area contributed by atoms with Crippen LogP contribution in [-0.2, 0) is 6.42 Å². The van der Waals surface area contributed by atoms with Gasteiger partial charge in [-0.25, -0.2) is 0 Å². The van der Waals surface area contributed by atoms with Crippen molar-refractivity contribution in [2.75, 3.05) is 13.2 Å². The van der Waals surface area contributed by atoms with Gasteiger partial charge in [0.1, 0.15) is 5.75 Å². The Hall–Kier alpha value is -2.62. The molecule has 0 atom stereocenters. The van der Waals surface area contributed by atoms with Crippen molar-refractivity contribution in [3.05, 3.63) is 65.2 Å².